The first-order valence-corrected chi connectivity index (χ1v) is 14.5. The predicted molar refractivity (Wildman–Crippen MR) is 162 cm³/mol. The van der Waals surface area contributed by atoms with Gasteiger partial charge in [-0.2, -0.15) is 0 Å². The second kappa shape index (κ2) is 15.6. The number of hydrogen-bond donors (Lipinski definition) is 4. The van der Waals surface area contributed by atoms with Gasteiger partial charge in [-0.1, -0.05) is 66.7 Å². The number of urea groups is 1. The molecule has 230 valence electrons. The highest BCUT2D eigenvalue weighted by Crippen LogP contribution is 2.38. The Bertz CT molecular complexity index is 1300. The molecule has 0 aromatic heterocycles. The van der Waals surface area contributed by atoms with Crippen LogP contribution in [0.2, 0.25) is 0 Å². The van der Waals surface area contributed by atoms with Crippen LogP contribution in [0, 0.1) is 0 Å². The highest BCUT2D eigenvalue weighted by Gasteiger charge is 2.34. The molecule has 1 aliphatic rings. The minimum absolute atomic E-state index is 0.0339. The summed E-state index contributed by atoms with van der Waals surface area (Å²) in [5.41, 5.74) is 3.97. The minimum Gasteiger partial charge on any atom is -0.465 e. The Hall–Kier alpha value is -3.80. The van der Waals surface area contributed by atoms with Crippen molar-refractivity contribution in [3.05, 3.63) is 101 Å². The molecule has 0 bridgehead atoms. The van der Waals surface area contributed by atoms with Crippen molar-refractivity contribution in [2.45, 2.75) is 57.5 Å². The lowest BCUT2D eigenvalue weighted by atomic mass is 9.98. The SMILES string of the molecule is CCOC(=O)CNC(=O)Nc1ccc([C@@H]2O[C@H](CN(C)[C@H](C)[C@@H](O)c3ccccc3)C[C@H](c3ccc(CO)cc3)O2)cc1. The van der Waals surface area contributed by atoms with Crippen molar-refractivity contribution in [2.24, 2.45) is 0 Å². The van der Waals surface area contributed by atoms with Crippen LogP contribution in [0.1, 0.15) is 61.0 Å². The molecule has 0 radical (unpaired) electrons. The summed E-state index contributed by atoms with van der Waals surface area (Å²) in [6, 6.07) is 23.8. The van der Waals surface area contributed by atoms with Crippen LogP contribution < -0.4 is 10.6 Å². The fourth-order valence-electron chi connectivity index (χ4n) is 4.95. The van der Waals surface area contributed by atoms with Crippen molar-refractivity contribution in [3.63, 3.8) is 0 Å². The molecule has 3 aromatic rings. The summed E-state index contributed by atoms with van der Waals surface area (Å²) in [5, 5.41) is 25.6. The Morgan fingerprint density at radius 1 is 1.00 bits per heavy atom. The number of amides is 2. The van der Waals surface area contributed by atoms with Crippen LogP contribution in [0.25, 0.3) is 0 Å². The molecule has 1 aliphatic heterocycles. The lowest BCUT2D eigenvalue weighted by Gasteiger charge is -2.39. The monoisotopic (exact) mass is 591 g/mol. The zero-order chi connectivity index (χ0) is 30.8. The van der Waals surface area contributed by atoms with E-state index in [4.69, 9.17) is 14.2 Å². The van der Waals surface area contributed by atoms with Gasteiger partial charge >= 0.3 is 12.0 Å². The molecule has 10 heteroatoms. The Kier molecular flexibility index (Phi) is 11.7. The number of esters is 1. The van der Waals surface area contributed by atoms with Gasteiger partial charge in [-0.05, 0) is 49.7 Å². The van der Waals surface area contributed by atoms with Gasteiger partial charge in [0.2, 0.25) is 0 Å². The smallest absolute Gasteiger partial charge is 0.325 e. The van der Waals surface area contributed by atoms with Crippen LogP contribution in [-0.4, -0.2) is 66.0 Å². The number of aliphatic hydroxyl groups is 2. The number of benzene rings is 3. The molecule has 5 atom stereocenters. The lowest BCUT2D eigenvalue weighted by molar-refractivity contribution is -0.253. The Morgan fingerprint density at radius 2 is 1.67 bits per heavy atom. The van der Waals surface area contributed by atoms with Crippen LogP contribution in [0.4, 0.5) is 10.5 Å². The van der Waals surface area contributed by atoms with Crippen LogP contribution in [0.15, 0.2) is 78.9 Å². The number of carbonyl (C=O) groups is 2. The molecule has 0 spiro atoms. The number of carbonyl (C=O) groups excluding carboxylic acids is 2. The van der Waals surface area contributed by atoms with E-state index in [2.05, 4.69) is 15.5 Å². The summed E-state index contributed by atoms with van der Waals surface area (Å²) in [6.07, 6.45) is -1.18. The Morgan fingerprint density at radius 3 is 2.33 bits per heavy atom. The van der Waals surface area contributed by atoms with Gasteiger partial charge in [-0.25, -0.2) is 4.79 Å². The van der Waals surface area contributed by atoms with E-state index >= 15 is 0 Å². The average molecular weight is 592 g/mol. The maximum atomic E-state index is 12.2. The van der Waals surface area contributed by atoms with Gasteiger partial charge in [0.15, 0.2) is 6.29 Å². The van der Waals surface area contributed by atoms with Crippen LogP contribution in [0.3, 0.4) is 0 Å². The van der Waals surface area contributed by atoms with Crippen molar-refractivity contribution in [1.82, 2.24) is 10.2 Å². The first kappa shape index (κ1) is 32.1. The average Bonchev–Trinajstić information content (AvgIpc) is 3.04. The summed E-state index contributed by atoms with van der Waals surface area (Å²) < 4.78 is 17.7. The van der Waals surface area contributed by atoms with Gasteiger partial charge in [0, 0.05) is 30.3 Å². The zero-order valence-corrected chi connectivity index (χ0v) is 24.8. The van der Waals surface area contributed by atoms with Crippen molar-refractivity contribution in [3.8, 4) is 0 Å². The normalized spacial score (nSPS) is 19.8. The largest absolute Gasteiger partial charge is 0.465 e. The molecule has 0 unspecified atom stereocenters. The summed E-state index contributed by atoms with van der Waals surface area (Å²) in [7, 11) is 1.98. The van der Waals surface area contributed by atoms with Crippen LogP contribution >= 0.6 is 0 Å². The predicted octanol–water partition coefficient (Wildman–Crippen LogP) is 4.46. The van der Waals surface area contributed by atoms with Gasteiger partial charge in [0.25, 0.3) is 0 Å². The molecule has 43 heavy (non-hydrogen) atoms. The van der Waals surface area contributed by atoms with E-state index in [0.29, 0.717) is 18.7 Å². The van der Waals surface area contributed by atoms with E-state index in [0.717, 1.165) is 22.3 Å². The second-order valence-corrected chi connectivity index (χ2v) is 10.6. The second-order valence-electron chi connectivity index (χ2n) is 10.6. The number of anilines is 1. The highest BCUT2D eigenvalue weighted by molar-refractivity contribution is 5.91. The van der Waals surface area contributed by atoms with E-state index in [-0.39, 0.29) is 38.0 Å². The molecule has 4 rings (SSSR count). The van der Waals surface area contributed by atoms with Crippen molar-refractivity contribution in [1.29, 1.82) is 0 Å². The Balaban J connectivity index is 1.45. The first-order valence-electron chi connectivity index (χ1n) is 14.5. The van der Waals surface area contributed by atoms with Crippen molar-refractivity contribution >= 4 is 17.7 Å². The summed E-state index contributed by atoms with van der Waals surface area (Å²) in [4.78, 5) is 25.8. The Labute approximate surface area is 252 Å². The number of likely N-dealkylation sites (N-methyl/N-ethyl adjacent to an activating group) is 1. The molecule has 0 saturated carbocycles. The molecule has 4 N–H and O–H groups in total. The number of hydrogen-bond acceptors (Lipinski definition) is 8. The summed E-state index contributed by atoms with van der Waals surface area (Å²) in [6.45, 7) is 4.25. The molecule has 1 saturated heterocycles. The maximum absolute atomic E-state index is 12.2. The number of nitrogens with zero attached hydrogens (tertiary/aromatic N) is 1. The third-order valence-electron chi connectivity index (χ3n) is 7.54. The van der Waals surface area contributed by atoms with Crippen LogP contribution in [0.5, 0.6) is 0 Å². The van der Waals surface area contributed by atoms with E-state index in [9.17, 15) is 19.8 Å². The quantitative estimate of drug-likeness (QED) is 0.227. The molecule has 10 nitrogen and oxygen atoms in total. The molecule has 3 aromatic carbocycles. The molecule has 1 heterocycles. The third kappa shape index (κ3) is 9.09. The van der Waals surface area contributed by atoms with Crippen molar-refractivity contribution < 1.29 is 34.0 Å². The maximum Gasteiger partial charge on any atom is 0.325 e. The van der Waals surface area contributed by atoms with E-state index in [1.807, 2.05) is 80.7 Å². The van der Waals surface area contributed by atoms with Gasteiger partial charge in [0.1, 0.15) is 6.54 Å². The van der Waals surface area contributed by atoms with Gasteiger partial charge < -0.3 is 35.1 Å². The molecule has 1 fully saturated rings. The van der Waals surface area contributed by atoms with E-state index in [1.54, 1.807) is 19.1 Å². The number of rotatable bonds is 12. The zero-order valence-electron chi connectivity index (χ0n) is 24.8. The summed E-state index contributed by atoms with van der Waals surface area (Å²) in [5.74, 6) is -0.510. The number of nitrogens with one attached hydrogen (secondary N) is 2. The van der Waals surface area contributed by atoms with Gasteiger partial charge in [-0.15, -0.1) is 0 Å². The standard InChI is InChI=1S/C33H41N3O7/c1-4-41-30(38)19-34-33(40)35-27-16-14-26(15-17-27)32-42-28(18-29(43-32)24-12-10-23(21-37)11-13-24)20-36(3)22(2)31(39)25-8-6-5-7-9-25/h5-17,22,28-29,31-32,37,39H,4,18-21H2,1-3H3,(H2,34,35,40)/t22-,28+,29-,31-,32-/m1/s1. The summed E-state index contributed by atoms with van der Waals surface area (Å²) >= 11 is 0. The fraction of sp³-hybridized carbons (Fsp3) is 0.394. The number of aliphatic hydroxyl groups excluding tert-OH is 2. The van der Waals surface area contributed by atoms with E-state index < -0.39 is 24.4 Å². The molecule has 0 aliphatic carbocycles. The van der Waals surface area contributed by atoms with Gasteiger partial charge in [0.05, 0.1) is 31.5 Å². The van der Waals surface area contributed by atoms with Crippen molar-refractivity contribution in [2.75, 3.05) is 32.1 Å². The third-order valence-corrected chi connectivity index (χ3v) is 7.54. The fourth-order valence-corrected chi connectivity index (χ4v) is 4.95. The molecular weight excluding hydrogens is 550 g/mol. The van der Waals surface area contributed by atoms with Gasteiger partial charge in [-0.3, -0.25) is 9.69 Å². The molecular formula is C33H41N3O7. The highest BCUT2D eigenvalue weighted by atomic mass is 16.7. The number of ether oxygens (including phenoxy) is 3. The minimum atomic E-state index is -0.671. The molecule has 2 amide bonds. The first-order chi connectivity index (χ1) is 20.8. The lowest BCUT2D eigenvalue weighted by Crippen LogP contribution is -2.43. The van der Waals surface area contributed by atoms with E-state index in [1.165, 1.54) is 0 Å². The topological polar surface area (TPSA) is 130 Å². The van der Waals surface area contributed by atoms with Crippen LogP contribution in [-0.2, 0) is 25.6 Å².